The van der Waals surface area contributed by atoms with E-state index in [2.05, 4.69) is 0 Å². The lowest BCUT2D eigenvalue weighted by atomic mass is 9.75. The van der Waals surface area contributed by atoms with Gasteiger partial charge in [-0.15, -0.1) is 0 Å². The van der Waals surface area contributed by atoms with Crippen molar-refractivity contribution in [3.05, 3.63) is 35.4 Å². The van der Waals surface area contributed by atoms with E-state index in [-0.39, 0.29) is 36.9 Å². The molecule has 10 heteroatoms. The Labute approximate surface area is 203 Å². The molecule has 1 aromatic carbocycles. The number of likely N-dealkylation sites (tertiary alicyclic amines) is 2. The van der Waals surface area contributed by atoms with Gasteiger partial charge in [0.1, 0.15) is 0 Å². The second-order valence-electron chi connectivity index (χ2n) is 9.15. The lowest BCUT2D eigenvalue weighted by Crippen LogP contribution is -2.49. The third-order valence-electron chi connectivity index (χ3n) is 7.12. The van der Waals surface area contributed by atoms with E-state index in [9.17, 15) is 32.3 Å². The fourth-order valence-electron chi connectivity index (χ4n) is 5.15. The molecule has 0 radical (unpaired) electrons. The third kappa shape index (κ3) is 5.21. The van der Waals surface area contributed by atoms with Gasteiger partial charge in [-0.3, -0.25) is 24.1 Å². The normalized spacial score (nSPS) is 23.1. The summed E-state index contributed by atoms with van der Waals surface area (Å²) in [5.41, 5.74) is -2.65. The van der Waals surface area contributed by atoms with Crippen LogP contribution >= 0.6 is 0 Å². The number of rotatable bonds is 7. The van der Waals surface area contributed by atoms with Gasteiger partial charge < -0.3 is 9.80 Å². The zero-order valence-corrected chi connectivity index (χ0v) is 20.4. The number of alkyl halides is 3. The lowest BCUT2D eigenvalue weighted by molar-refractivity contribution is -0.145. The van der Waals surface area contributed by atoms with E-state index >= 15 is 0 Å². The van der Waals surface area contributed by atoms with Crippen LogP contribution in [0.5, 0.6) is 0 Å². The van der Waals surface area contributed by atoms with Crippen LogP contribution in [-0.2, 0) is 30.8 Å². The smallest absolute Gasteiger partial charge is 0.343 e. The average molecular weight is 496 g/mol. The number of likely N-dealkylation sites (N-methyl/N-ethyl adjacent to an activating group) is 1. The molecule has 0 aliphatic carbocycles. The monoisotopic (exact) mass is 495 g/mol. The summed E-state index contributed by atoms with van der Waals surface area (Å²) in [5.74, 6) is -2.03. The van der Waals surface area contributed by atoms with Crippen molar-refractivity contribution in [3.8, 4) is 0 Å². The molecule has 2 aliphatic rings. The zero-order valence-electron chi connectivity index (χ0n) is 20.4. The van der Waals surface area contributed by atoms with Crippen molar-refractivity contribution in [1.29, 1.82) is 0 Å². The molecule has 2 heterocycles. The number of amides is 4. The highest BCUT2D eigenvalue weighted by Crippen LogP contribution is 2.42. The summed E-state index contributed by atoms with van der Waals surface area (Å²) in [6.45, 7) is 7.13. The number of imide groups is 1. The number of hydrogen-bond acceptors (Lipinski definition) is 4. The molecule has 35 heavy (non-hydrogen) atoms. The number of nitrogens with zero attached hydrogens (tertiary/aromatic N) is 3. The highest BCUT2D eigenvalue weighted by atomic mass is 19.4. The molecular weight excluding hydrogens is 463 g/mol. The summed E-state index contributed by atoms with van der Waals surface area (Å²) in [6, 6.07) is 4.32. The van der Waals surface area contributed by atoms with Crippen molar-refractivity contribution >= 4 is 23.6 Å². The van der Waals surface area contributed by atoms with Crippen LogP contribution < -0.4 is 0 Å². The van der Waals surface area contributed by atoms with Crippen LogP contribution in [0.4, 0.5) is 13.2 Å². The minimum atomic E-state index is -4.64. The molecule has 2 atom stereocenters. The molecule has 4 amide bonds. The molecule has 2 fully saturated rings. The molecule has 2 aliphatic heterocycles. The fraction of sp³-hybridized carbons (Fsp3) is 0.600. The number of piperidine rings is 1. The van der Waals surface area contributed by atoms with Crippen molar-refractivity contribution in [2.75, 3.05) is 32.7 Å². The Morgan fingerprint density at radius 1 is 1.14 bits per heavy atom. The standard InChI is InChI=1S/C25H32F3N3O4/c1-4-29(5-2)22(34)17-9-8-12-30(16-17)20(32)14-24(15-21(33)31(6-3)23(24)35)18-10-7-11-19(13-18)25(26,27)28/h7,10-11,13,17H,4-6,8-9,12,14-16H2,1-3H3/t17-,24+/m1/s1. The van der Waals surface area contributed by atoms with Crippen LogP contribution in [0.1, 0.15) is 57.6 Å². The van der Waals surface area contributed by atoms with Crippen LogP contribution in [0.25, 0.3) is 0 Å². The molecule has 0 saturated carbocycles. The van der Waals surface area contributed by atoms with Gasteiger partial charge in [0.25, 0.3) is 0 Å². The number of carbonyl (C=O) groups is 4. The molecule has 0 spiro atoms. The van der Waals surface area contributed by atoms with Gasteiger partial charge in [0.2, 0.25) is 23.6 Å². The van der Waals surface area contributed by atoms with E-state index in [1.54, 1.807) is 11.8 Å². The maximum absolute atomic E-state index is 13.4. The van der Waals surface area contributed by atoms with E-state index in [0.717, 1.165) is 17.0 Å². The van der Waals surface area contributed by atoms with E-state index < -0.39 is 41.3 Å². The van der Waals surface area contributed by atoms with E-state index in [4.69, 9.17) is 0 Å². The Hall–Kier alpha value is -2.91. The summed E-state index contributed by atoms with van der Waals surface area (Å²) in [7, 11) is 0. The molecule has 2 saturated heterocycles. The van der Waals surface area contributed by atoms with Gasteiger partial charge in [0.15, 0.2) is 0 Å². The Bertz CT molecular complexity index is 992. The predicted octanol–water partition coefficient (Wildman–Crippen LogP) is 3.22. The zero-order chi connectivity index (χ0) is 26.0. The average Bonchev–Trinajstić information content (AvgIpc) is 3.08. The molecule has 0 unspecified atom stereocenters. The summed E-state index contributed by atoms with van der Waals surface area (Å²) in [4.78, 5) is 56.5. The van der Waals surface area contributed by atoms with E-state index in [1.807, 2.05) is 13.8 Å². The molecule has 0 aromatic heterocycles. The molecule has 1 aromatic rings. The van der Waals surface area contributed by atoms with Crippen LogP contribution in [0.2, 0.25) is 0 Å². The largest absolute Gasteiger partial charge is 0.416 e. The van der Waals surface area contributed by atoms with Gasteiger partial charge in [-0.2, -0.15) is 13.2 Å². The highest BCUT2D eigenvalue weighted by molar-refractivity contribution is 6.10. The summed E-state index contributed by atoms with van der Waals surface area (Å²) < 4.78 is 40.3. The molecule has 3 rings (SSSR count). The Morgan fingerprint density at radius 3 is 2.40 bits per heavy atom. The molecule has 192 valence electrons. The van der Waals surface area contributed by atoms with Crippen molar-refractivity contribution in [2.24, 2.45) is 5.92 Å². The van der Waals surface area contributed by atoms with Crippen molar-refractivity contribution in [1.82, 2.24) is 14.7 Å². The van der Waals surface area contributed by atoms with Crippen LogP contribution in [-0.4, -0.2) is 71.1 Å². The van der Waals surface area contributed by atoms with Crippen molar-refractivity contribution < 1.29 is 32.3 Å². The molecule has 0 N–H and O–H groups in total. The SMILES string of the molecule is CCN(CC)C(=O)[C@@H]1CCCN(C(=O)C[C@@]2(c3cccc(C(F)(F)F)c3)CC(=O)N(CC)C2=O)C1. The summed E-state index contributed by atoms with van der Waals surface area (Å²) >= 11 is 0. The quantitative estimate of drug-likeness (QED) is 0.545. The fourth-order valence-corrected chi connectivity index (χ4v) is 5.15. The number of benzene rings is 1. The second-order valence-corrected chi connectivity index (χ2v) is 9.15. The van der Waals surface area contributed by atoms with E-state index in [1.165, 1.54) is 17.0 Å². The first kappa shape index (κ1) is 26.7. The Balaban J connectivity index is 1.92. The minimum absolute atomic E-state index is 0.00255. The Morgan fingerprint density at radius 2 is 1.83 bits per heavy atom. The lowest BCUT2D eigenvalue weighted by Gasteiger charge is -2.36. The van der Waals surface area contributed by atoms with Gasteiger partial charge in [0, 0.05) is 45.6 Å². The van der Waals surface area contributed by atoms with E-state index in [0.29, 0.717) is 32.5 Å². The summed E-state index contributed by atoms with van der Waals surface area (Å²) in [5, 5.41) is 0. The predicted molar refractivity (Wildman–Crippen MR) is 122 cm³/mol. The Kier molecular flexibility index (Phi) is 7.91. The first-order valence-corrected chi connectivity index (χ1v) is 12.1. The van der Waals surface area contributed by atoms with Crippen molar-refractivity contribution in [3.63, 3.8) is 0 Å². The molecule has 7 nitrogen and oxygen atoms in total. The molecule has 0 bridgehead atoms. The maximum atomic E-state index is 13.4. The first-order chi connectivity index (χ1) is 16.5. The van der Waals surface area contributed by atoms with Gasteiger partial charge in [-0.05, 0) is 45.2 Å². The van der Waals surface area contributed by atoms with Crippen LogP contribution in [0.15, 0.2) is 24.3 Å². The van der Waals surface area contributed by atoms with Crippen molar-refractivity contribution in [2.45, 2.75) is 58.0 Å². The number of hydrogen-bond donors (Lipinski definition) is 0. The minimum Gasteiger partial charge on any atom is -0.343 e. The molecular formula is C25H32F3N3O4. The maximum Gasteiger partial charge on any atom is 0.416 e. The first-order valence-electron chi connectivity index (χ1n) is 12.1. The van der Waals surface area contributed by atoms with Crippen LogP contribution in [0.3, 0.4) is 0 Å². The highest BCUT2D eigenvalue weighted by Gasteiger charge is 2.54. The van der Waals surface area contributed by atoms with Gasteiger partial charge in [0.05, 0.1) is 16.9 Å². The second kappa shape index (κ2) is 10.4. The topological polar surface area (TPSA) is 78.0 Å². The van der Waals surface area contributed by atoms with Gasteiger partial charge in [-0.25, -0.2) is 0 Å². The third-order valence-corrected chi connectivity index (χ3v) is 7.12. The van der Waals surface area contributed by atoms with Gasteiger partial charge in [-0.1, -0.05) is 18.2 Å². The number of halogens is 3. The van der Waals surface area contributed by atoms with Crippen LogP contribution in [0, 0.1) is 5.92 Å². The van der Waals surface area contributed by atoms with Gasteiger partial charge >= 0.3 is 6.18 Å². The number of carbonyl (C=O) groups excluding carboxylic acids is 4. The summed E-state index contributed by atoms with van der Waals surface area (Å²) in [6.07, 6.45) is -4.20.